The largest absolute Gasteiger partial charge is 0.573 e. The lowest BCUT2D eigenvalue weighted by molar-refractivity contribution is -0.274. The summed E-state index contributed by atoms with van der Waals surface area (Å²) in [5.41, 5.74) is -1.78. The maximum atomic E-state index is 13.9. The van der Waals surface area contributed by atoms with Gasteiger partial charge in [-0.25, -0.2) is 12.8 Å². The van der Waals surface area contributed by atoms with Gasteiger partial charge in [0.15, 0.2) is 0 Å². The summed E-state index contributed by atoms with van der Waals surface area (Å²) in [5.74, 6) is -2.21. The number of anilines is 1. The molecule has 0 bridgehead atoms. The van der Waals surface area contributed by atoms with Crippen LogP contribution in [0.15, 0.2) is 53.4 Å². The van der Waals surface area contributed by atoms with E-state index in [2.05, 4.69) is 10.1 Å². The Labute approximate surface area is 175 Å². The smallest absolute Gasteiger partial charge is 0.406 e. The van der Waals surface area contributed by atoms with Gasteiger partial charge in [0.25, 0.3) is 5.91 Å². The molecule has 0 saturated carbocycles. The molecule has 1 saturated heterocycles. The van der Waals surface area contributed by atoms with Crippen LogP contribution >= 0.6 is 0 Å². The minimum Gasteiger partial charge on any atom is -0.406 e. The molecule has 3 rings (SSSR count). The first kappa shape index (κ1) is 23.0. The second-order valence-corrected chi connectivity index (χ2v) is 8.80. The number of alkyl halides is 3. The molecule has 7 nitrogen and oxygen atoms in total. The minimum atomic E-state index is -4.85. The number of benzene rings is 2. The highest BCUT2D eigenvalue weighted by Crippen LogP contribution is 2.29. The van der Waals surface area contributed by atoms with Crippen molar-refractivity contribution in [3.63, 3.8) is 0 Å². The summed E-state index contributed by atoms with van der Waals surface area (Å²) in [6, 6.07) is 9.22. The van der Waals surface area contributed by atoms with E-state index in [0.717, 1.165) is 28.6 Å². The first-order chi connectivity index (χ1) is 14.4. The molecule has 2 aromatic rings. The van der Waals surface area contributed by atoms with E-state index in [4.69, 9.17) is 0 Å². The summed E-state index contributed by atoms with van der Waals surface area (Å²) in [4.78, 5) is 12.0. The van der Waals surface area contributed by atoms with Crippen LogP contribution in [0.2, 0.25) is 0 Å². The maximum Gasteiger partial charge on any atom is 0.573 e. The molecule has 1 aliphatic heterocycles. The average Bonchev–Trinajstić information content (AvgIpc) is 2.69. The van der Waals surface area contributed by atoms with E-state index in [1.165, 1.54) is 24.3 Å². The van der Waals surface area contributed by atoms with Gasteiger partial charge in [0.05, 0.1) is 0 Å². The quantitative estimate of drug-likeness (QED) is 0.667. The zero-order valence-corrected chi connectivity index (χ0v) is 16.7. The lowest BCUT2D eigenvalue weighted by atomic mass is 9.91. The van der Waals surface area contributed by atoms with Crippen molar-refractivity contribution in [3.8, 4) is 5.75 Å². The summed E-state index contributed by atoms with van der Waals surface area (Å²) in [6.45, 7) is -0.447. The van der Waals surface area contributed by atoms with Gasteiger partial charge < -0.3 is 15.2 Å². The van der Waals surface area contributed by atoms with Gasteiger partial charge in [-0.05, 0) is 49.2 Å². The lowest BCUT2D eigenvalue weighted by Crippen LogP contribution is -2.52. The zero-order chi connectivity index (χ0) is 22.9. The van der Waals surface area contributed by atoms with Gasteiger partial charge in [0.2, 0.25) is 10.0 Å². The maximum absolute atomic E-state index is 13.9. The second kappa shape index (κ2) is 8.44. The monoisotopic (exact) mass is 462 g/mol. The van der Waals surface area contributed by atoms with Crippen LogP contribution in [0.3, 0.4) is 0 Å². The molecule has 1 heterocycles. The molecule has 0 radical (unpaired) electrons. The number of ether oxygens (including phenoxy) is 1. The van der Waals surface area contributed by atoms with Crippen LogP contribution in [0.5, 0.6) is 5.75 Å². The number of rotatable bonds is 5. The Morgan fingerprint density at radius 3 is 2.19 bits per heavy atom. The molecule has 0 aliphatic carbocycles. The number of halogens is 4. The first-order valence-corrected chi connectivity index (χ1v) is 10.5. The molecule has 0 unspecified atom stereocenters. The fourth-order valence-electron chi connectivity index (χ4n) is 3.10. The van der Waals surface area contributed by atoms with Crippen LogP contribution in [0.1, 0.15) is 12.8 Å². The second-order valence-electron chi connectivity index (χ2n) is 6.89. The fourth-order valence-corrected chi connectivity index (χ4v) is 4.61. The van der Waals surface area contributed by atoms with Gasteiger partial charge >= 0.3 is 6.36 Å². The Bertz CT molecular complexity index is 1050. The first-order valence-electron chi connectivity index (χ1n) is 9.05. The summed E-state index contributed by atoms with van der Waals surface area (Å²) >= 11 is 0. The third-order valence-corrected chi connectivity index (χ3v) is 6.70. The highest BCUT2D eigenvalue weighted by molar-refractivity contribution is 7.89. The molecule has 168 valence electrons. The van der Waals surface area contributed by atoms with Crippen LogP contribution in [-0.4, -0.2) is 48.8 Å². The third-order valence-electron chi connectivity index (χ3n) is 4.77. The summed E-state index contributed by atoms with van der Waals surface area (Å²) in [7, 11) is -4.14. The third kappa shape index (κ3) is 5.32. The van der Waals surface area contributed by atoms with Crippen molar-refractivity contribution in [1.29, 1.82) is 0 Å². The van der Waals surface area contributed by atoms with E-state index in [1.54, 1.807) is 0 Å². The summed E-state index contributed by atoms with van der Waals surface area (Å²) < 4.78 is 80.5. The fraction of sp³-hybridized carbons (Fsp3) is 0.316. The van der Waals surface area contributed by atoms with Gasteiger partial charge in [-0.2, -0.15) is 4.31 Å². The van der Waals surface area contributed by atoms with Crippen molar-refractivity contribution < 1.29 is 40.6 Å². The predicted molar refractivity (Wildman–Crippen MR) is 101 cm³/mol. The Morgan fingerprint density at radius 2 is 1.65 bits per heavy atom. The van der Waals surface area contributed by atoms with Crippen molar-refractivity contribution in [1.82, 2.24) is 4.31 Å². The van der Waals surface area contributed by atoms with Gasteiger partial charge in [-0.3, -0.25) is 4.79 Å². The van der Waals surface area contributed by atoms with E-state index in [-0.39, 0.29) is 31.6 Å². The van der Waals surface area contributed by atoms with Crippen LogP contribution in [0, 0.1) is 5.82 Å². The number of nitrogens with one attached hydrogen (secondary N) is 1. The van der Waals surface area contributed by atoms with Crippen LogP contribution in [-0.2, 0) is 14.8 Å². The van der Waals surface area contributed by atoms with Crippen LogP contribution in [0.4, 0.5) is 23.2 Å². The molecule has 1 aliphatic rings. The number of sulfonamides is 1. The topological polar surface area (TPSA) is 95.9 Å². The number of amides is 1. The van der Waals surface area contributed by atoms with E-state index in [9.17, 15) is 35.9 Å². The molecule has 2 aromatic carbocycles. The predicted octanol–water partition coefficient (Wildman–Crippen LogP) is 2.88. The van der Waals surface area contributed by atoms with E-state index in [1.807, 2.05) is 0 Å². The Kier molecular flexibility index (Phi) is 6.25. The van der Waals surface area contributed by atoms with Crippen molar-refractivity contribution in [2.24, 2.45) is 0 Å². The average molecular weight is 462 g/mol. The van der Waals surface area contributed by atoms with E-state index >= 15 is 0 Å². The summed E-state index contributed by atoms with van der Waals surface area (Å²) in [5, 5.41) is 13.0. The van der Waals surface area contributed by atoms with Gasteiger partial charge in [-0.15, -0.1) is 13.2 Å². The number of aliphatic hydroxyl groups is 1. The molecular weight excluding hydrogens is 444 g/mol. The van der Waals surface area contributed by atoms with Crippen molar-refractivity contribution in [2.75, 3.05) is 18.4 Å². The number of hydrogen-bond acceptors (Lipinski definition) is 5. The normalized spacial score (nSPS) is 17.2. The standard InChI is InChI=1S/C19H18F4N2O5S/c20-15-3-1-2-4-16(15)31(28,29)25-11-9-18(27,10-12-25)17(26)24-13-5-7-14(8-6-13)30-19(21,22)23/h1-8,27H,9-12H2,(H,24,26). The van der Waals surface area contributed by atoms with Crippen LogP contribution < -0.4 is 10.1 Å². The minimum absolute atomic E-state index is 0.120. The highest BCUT2D eigenvalue weighted by Gasteiger charge is 2.42. The SMILES string of the molecule is O=C(Nc1ccc(OC(F)(F)F)cc1)C1(O)CCN(S(=O)(=O)c2ccccc2F)CC1. The number of carbonyl (C=O) groups is 1. The van der Waals surface area contributed by atoms with E-state index < -0.39 is 44.4 Å². The molecule has 1 amide bonds. The Balaban J connectivity index is 1.63. The van der Waals surface area contributed by atoms with Crippen molar-refractivity contribution in [3.05, 3.63) is 54.3 Å². The number of piperidine rings is 1. The summed E-state index contributed by atoms with van der Waals surface area (Å²) in [6.07, 6.45) is -5.35. The van der Waals surface area contributed by atoms with Gasteiger partial charge in [-0.1, -0.05) is 12.1 Å². The highest BCUT2D eigenvalue weighted by atomic mass is 32.2. The number of hydrogen-bond donors (Lipinski definition) is 2. The molecule has 1 fully saturated rings. The number of carbonyl (C=O) groups excluding carboxylic acids is 1. The number of nitrogens with zero attached hydrogens (tertiary/aromatic N) is 1. The lowest BCUT2D eigenvalue weighted by Gasteiger charge is -2.36. The Morgan fingerprint density at radius 1 is 1.06 bits per heavy atom. The molecule has 31 heavy (non-hydrogen) atoms. The molecular formula is C19H18F4N2O5S. The molecule has 12 heteroatoms. The van der Waals surface area contributed by atoms with Crippen LogP contribution in [0.25, 0.3) is 0 Å². The zero-order valence-electron chi connectivity index (χ0n) is 15.9. The molecule has 0 spiro atoms. The van der Waals surface area contributed by atoms with E-state index in [0.29, 0.717) is 0 Å². The molecule has 0 aromatic heterocycles. The van der Waals surface area contributed by atoms with Gasteiger partial charge in [0, 0.05) is 18.8 Å². The Hall–Kier alpha value is -2.70. The van der Waals surface area contributed by atoms with Crippen molar-refractivity contribution >= 4 is 21.6 Å². The van der Waals surface area contributed by atoms with Crippen molar-refractivity contribution in [2.45, 2.75) is 29.7 Å². The van der Waals surface area contributed by atoms with Gasteiger partial charge in [0.1, 0.15) is 22.1 Å². The molecule has 0 atom stereocenters. The molecule has 2 N–H and O–H groups in total.